The highest BCUT2D eigenvalue weighted by molar-refractivity contribution is 5.33. The lowest BCUT2D eigenvalue weighted by molar-refractivity contribution is 0.157. The van der Waals surface area contributed by atoms with E-state index in [4.69, 9.17) is 4.74 Å². The zero-order chi connectivity index (χ0) is 16.9. The van der Waals surface area contributed by atoms with Crippen molar-refractivity contribution in [2.24, 2.45) is 0 Å². The van der Waals surface area contributed by atoms with Crippen molar-refractivity contribution in [1.82, 2.24) is 5.32 Å². The molecule has 2 aromatic carbocycles. The van der Waals surface area contributed by atoms with E-state index in [0.29, 0.717) is 0 Å². The van der Waals surface area contributed by atoms with Gasteiger partial charge in [-0.3, -0.25) is 0 Å². The van der Waals surface area contributed by atoms with E-state index in [9.17, 15) is 9.50 Å². The van der Waals surface area contributed by atoms with Crippen LogP contribution in [-0.2, 0) is 6.61 Å². The Bertz CT molecular complexity index is 623. The van der Waals surface area contributed by atoms with Crippen LogP contribution in [0.5, 0.6) is 5.75 Å². The molecule has 2 aromatic rings. The third-order valence-electron chi connectivity index (χ3n) is 3.42. The number of ether oxygens (including phenoxy) is 1. The number of aliphatic hydroxyl groups excluding tert-OH is 1. The first kappa shape index (κ1) is 17.4. The fourth-order valence-electron chi connectivity index (χ4n) is 2.14. The number of nitrogens with one attached hydrogen (secondary N) is 1. The molecule has 0 saturated heterocycles. The van der Waals surface area contributed by atoms with E-state index in [-0.39, 0.29) is 30.0 Å². The lowest BCUT2D eigenvalue weighted by Gasteiger charge is -2.23. The number of hydrogen-bond acceptors (Lipinski definition) is 3. The van der Waals surface area contributed by atoms with Gasteiger partial charge in [-0.2, -0.15) is 0 Å². The van der Waals surface area contributed by atoms with Crippen LogP contribution >= 0.6 is 0 Å². The Morgan fingerprint density at radius 3 is 2.43 bits per heavy atom. The second-order valence-electron chi connectivity index (χ2n) is 6.58. The Morgan fingerprint density at radius 2 is 1.78 bits per heavy atom. The van der Waals surface area contributed by atoms with Gasteiger partial charge in [-0.05, 0) is 32.4 Å². The average molecular weight is 317 g/mol. The van der Waals surface area contributed by atoms with E-state index >= 15 is 0 Å². The van der Waals surface area contributed by atoms with Crippen LogP contribution in [-0.4, -0.2) is 17.2 Å². The lowest BCUT2D eigenvalue weighted by Crippen LogP contribution is -2.38. The molecule has 4 heteroatoms. The van der Waals surface area contributed by atoms with Gasteiger partial charge in [-0.1, -0.05) is 42.5 Å². The van der Waals surface area contributed by atoms with Crippen LogP contribution in [0, 0.1) is 5.82 Å². The predicted molar refractivity (Wildman–Crippen MR) is 89.9 cm³/mol. The van der Waals surface area contributed by atoms with Crippen molar-refractivity contribution < 1.29 is 14.2 Å². The average Bonchev–Trinajstić information content (AvgIpc) is 2.52. The van der Waals surface area contributed by atoms with Crippen LogP contribution in [0.2, 0.25) is 0 Å². The number of halogens is 1. The normalized spacial score (nSPS) is 12.9. The molecule has 3 nitrogen and oxygen atoms in total. The quantitative estimate of drug-likeness (QED) is 0.851. The van der Waals surface area contributed by atoms with Crippen LogP contribution in [0.3, 0.4) is 0 Å². The molecule has 2 rings (SSSR count). The molecule has 23 heavy (non-hydrogen) atoms. The summed E-state index contributed by atoms with van der Waals surface area (Å²) in [6.45, 7) is 6.56. The predicted octanol–water partition coefficient (Wildman–Crippen LogP) is 3.83. The summed E-state index contributed by atoms with van der Waals surface area (Å²) in [4.78, 5) is 0. The molecule has 2 N–H and O–H groups in total. The third-order valence-corrected chi connectivity index (χ3v) is 3.42. The van der Waals surface area contributed by atoms with Crippen molar-refractivity contribution in [3.8, 4) is 5.75 Å². The van der Waals surface area contributed by atoms with E-state index in [1.807, 2.05) is 51.1 Å². The van der Waals surface area contributed by atoms with Crippen molar-refractivity contribution in [2.45, 2.75) is 39.0 Å². The summed E-state index contributed by atoms with van der Waals surface area (Å²) in [7, 11) is 0. The first-order valence-electron chi connectivity index (χ1n) is 7.75. The molecule has 1 unspecified atom stereocenters. The monoisotopic (exact) mass is 317 g/mol. The van der Waals surface area contributed by atoms with Gasteiger partial charge >= 0.3 is 0 Å². The van der Waals surface area contributed by atoms with E-state index in [0.717, 1.165) is 5.56 Å². The molecular weight excluding hydrogens is 293 g/mol. The molecule has 0 heterocycles. The summed E-state index contributed by atoms with van der Waals surface area (Å²) in [6.07, 6.45) is -0.922. The van der Waals surface area contributed by atoms with Gasteiger partial charge in [0, 0.05) is 17.6 Å². The Balaban J connectivity index is 2.05. The Labute approximate surface area is 137 Å². The van der Waals surface area contributed by atoms with Gasteiger partial charge in [0.05, 0.1) is 6.10 Å². The standard InChI is InChI=1S/C19H24FNO2/c1-19(2,3)21-12-16(22)15-10-7-11-17(18(15)20)23-13-14-8-5-4-6-9-14/h4-11,16,21-22H,12-13H2,1-3H3. The van der Waals surface area contributed by atoms with Gasteiger partial charge in [0.1, 0.15) is 6.61 Å². The highest BCUT2D eigenvalue weighted by Gasteiger charge is 2.19. The fourth-order valence-corrected chi connectivity index (χ4v) is 2.14. The molecule has 124 valence electrons. The maximum atomic E-state index is 14.5. The van der Waals surface area contributed by atoms with Crippen molar-refractivity contribution in [3.05, 3.63) is 65.5 Å². The summed E-state index contributed by atoms with van der Waals surface area (Å²) in [5.41, 5.74) is 1.07. The number of aliphatic hydroxyl groups is 1. The van der Waals surface area contributed by atoms with Crippen LogP contribution in [0.25, 0.3) is 0 Å². The van der Waals surface area contributed by atoms with Gasteiger partial charge < -0.3 is 15.2 Å². The minimum Gasteiger partial charge on any atom is -0.486 e. The second-order valence-corrected chi connectivity index (χ2v) is 6.58. The molecule has 0 aromatic heterocycles. The number of hydrogen-bond donors (Lipinski definition) is 2. The second kappa shape index (κ2) is 7.57. The summed E-state index contributed by atoms with van der Waals surface area (Å²) in [6, 6.07) is 14.4. The van der Waals surface area contributed by atoms with Gasteiger partial charge in [0.2, 0.25) is 0 Å². The van der Waals surface area contributed by atoms with Gasteiger partial charge in [-0.25, -0.2) is 4.39 Å². The molecule has 0 aliphatic carbocycles. The first-order valence-corrected chi connectivity index (χ1v) is 7.75. The number of benzene rings is 2. The molecule has 0 radical (unpaired) electrons. The van der Waals surface area contributed by atoms with Crippen LogP contribution in [0.4, 0.5) is 4.39 Å². The maximum absolute atomic E-state index is 14.5. The fraction of sp³-hybridized carbons (Fsp3) is 0.368. The summed E-state index contributed by atoms with van der Waals surface area (Å²) < 4.78 is 20.1. The van der Waals surface area contributed by atoms with E-state index in [1.54, 1.807) is 18.2 Å². The summed E-state index contributed by atoms with van der Waals surface area (Å²) >= 11 is 0. The molecule has 0 aliphatic heterocycles. The molecule has 0 saturated carbocycles. The van der Waals surface area contributed by atoms with Crippen molar-refractivity contribution in [2.75, 3.05) is 6.54 Å². The van der Waals surface area contributed by atoms with Gasteiger partial charge in [-0.15, -0.1) is 0 Å². The molecule has 0 bridgehead atoms. The van der Waals surface area contributed by atoms with E-state index in [1.165, 1.54) is 0 Å². The first-order chi connectivity index (χ1) is 10.9. The van der Waals surface area contributed by atoms with E-state index in [2.05, 4.69) is 5.32 Å². The molecule has 1 atom stereocenters. The van der Waals surface area contributed by atoms with Gasteiger partial charge in [0.25, 0.3) is 0 Å². The van der Waals surface area contributed by atoms with Gasteiger partial charge in [0.15, 0.2) is 11.6 Å². The molecular formula is C19H24FNO2. The minimum atomic E-state index is -0.922. The minimum absolute atomic E-state index is 0.140. The van der Waals surface area contributed by atoms with Crippen molar-refractivity contribution in [1.29, 1.82) is 0 Å². The van der Waals surface area contributed by atoms with Crippen LogP contribution in [0.15, 0.2) is 48.5 Å². The van der Waals surface area contributed by atoms with Crippen molar-refractivity contribution >= 4 is 0 Å². The Morgan fingerprint density at radius 1 is 1.09 bits per heavy atom. The van der Waals surface area contributed by atoms with Crippen molar-refractivity contribution in [3.63, 3.8) is 0 Å². The van der Waals surface area contributed by atoms with Crippen LogP contribution in [0.1, 0.15) is 38.0 Å². The lowest BCUT2D eigenvalue weighted by atomic mass is 10.1. The maximum Gasteiger partial charge on any atom is 0.170 e. The Kier molecular flexibility index (Phi) is 5.74. The zero-order valence-corrected chi connectivity index (χ0v) is 13.8. The molecule has 0 aliphatic rings. The molecule has 0 amide bonds. The topological polar surface area (TPSA) is 41.5 Å². The SMILES string of the molecule is CC(C)(C)NCC(O)c1cccc(OCc2ccccc2)c1F. The Hall–Kier alpha value is -1.91. The summed E-state index contributed by atoms with van der Waals surface area (Å²) in [5, 5.41) is 13.4. The third kappa shape index (κ3) is 5.34. The number of rotatable bonds is 6. The highest BCUT2D eigenvalue weighted by atomic mass is 19.1. The zero-order valence-electron chi connectivity index (χ0n) is 13.8. The smallest absolute Gasteiger partial charge is 0.170 e. The molecule has 0 fully saturated rings. The highest BCUT2D eigenvalue weighted by Crippen LogP contribution is 2.26. The largest absolute Gasteiger partial charge is 0.486 e. The van der Waals surface area contributed by atoms with Crippen LogP contribution < -0.4 is 10.1 Å². The molecule has 0 spiro atoms. The number of β-amino-alcohol motifs (C(OH)–C–C–N with tert-alkyl or cyclic N) is 1. The van der Waals surface area contributed by atoms with E-state index < -0.39 is 11.9 Å². The summed E-state index contributed by atoms with van der Waals surface area (Å²) in [5.74, 6) is -0.354.